The van der Waals surface area contributed by atoms with Crippen molar-refractivity contribution < 1.29 is 17.5 Å². The van der Waals surface area contributed by atoms with Crippen LogP contribution in [0, 0.1) is 5.82 Å². The Labute approximate surface area is 194 Å². The van der Waals surface area contributed by atoms with Crippen molar-refractivity contribution in [2.75, 3.05) is 20.6 Å². The van der Waals surface area contributed by atoms with Crippen molar-refractivity contribution in [1.29, 1.82) is 0 Å². The summed E-state index contributed by atoms with van der Waals surface area (Å²) in [4.78, 5) is 4.39. The molecular formula is C20H28FIN4O3S. The topological polar surface area (TPSA) is 91.8 Å². The zero-order chi connectivity index (χ0) is 21.3. The van der Waals surface area contributed by atoms with Crippen LogP contribution in [0.4, 0.5) is 4.39 Å². The molecule has 1 atom stereocenters. The number of guanidine groups is 1. The van der Waals surface area contributed by atoms with Crippen molar-refractivity contribution in [3.8, 4) is 5.75 Å². The SMILES string of the molecule is CCC(CNC(=NC)NCc1ccc(S(=O)(=O)NC)cc1)Oc1cccc(F)c1.I. The van der Waals surface area contributed by atoms with Crippen molar-refractivity contribution in [3.63, 3.8) is 0 Å². The van der Waals surface area contributed by atoms with Crippen molar-refractivity contribution in [2.24, 2.45) is 4.99 Å². The molecule has 0 saturated carbocycles. The lowest BCUT2D eigenvalue weighted by Crippen LogP contribution is -2.42. The largest absolute Gasteiger partial charge is 0.489 e. The van der Waals surface area contributed by atoms with Gasteiger partial charge in [-0.2, -0.15) is 0 Å². The van der Waals surface area contributed by atoms with Gasteiger partial charge in [-0.3, -0.25) is 4.99 Å². The third-order valence-corrected chi connectivity index (χ3v) is 5.67. The molecule has 30 heavy (non-hydrogen) atoms. The zero-order valence-corrected chi connectivity index (χ0v) is 20.3. The Morgan fingerprint density at radius 3 is 2.43 bits per heavy atom. The van der Waals surface area contributed by atoms with Crippen LogP contribution >= 0.6 is 24.0 Å². The van der Waals surface area contributed by atoms with Gasteiger partial charge in [-0.05, 0) is 43.3 Å². The number of benzene rings is 2. The van der Waals surface area contributed by atoms with E-state index in [0.717, 1.165) is 12.0 Å². The van der Waals surface area contributed by atoms with Crippen LogP contribution < -0.4 is 20.1 Å². The van der Waals surface area contributed by atoms with Crippen LogP contribution in [-0.2, 0) is 16.6 Å². The molecule has 0 aromatic heterocycles. The van der Waals surface area contributed by atoms with Crippen LogP contribution in [0.15, 0.2) is 58.4 Å². The predicted molar refractivity (Wildman–Crippen MR) is 127 cm³/mol. The summed E-state index contributed by atoms with van der Waals surface area (Å²) in [7, 11) is -0.408. The first-order valence-electron chi connectivity index (χ1n) is 9.27. The van der Waals surface area contributed by atoms with Crippen LogP contribution in [-0.4, -0.2) is 41.1 Å². The molecule has 1 unspecified atom stereocenters. The number of aliphatic imine (C=N–C) groups is 1. The standard InChI is InChI=1S/C20H27FN4O3S.HI/c1-4-17(28-18-7-5-6-16(21)12-18)14-25-20(22-2)24-13-15-8-10-19(11-9-15)29(26,27)23-3;/h5-12,17,23H,4,13-14H2,1-3H3,(H2,22,24,25);1H. The summed E-state index contributed by atoms with van der Waals surface area (Å²) in [6.07, 6.45) is 0.587. The molecule has 0 spiro atoms. The molecule has 0 aliphatic carbocycles. The van der Waals surface area contributed by atoms with E-state index >= 15 is 0 Å². The van der Waals surface area contributed by atoms with Crippen molar-refractivity contribution in [1.82, 2.24) is 15.4 Å². The molecule has 166 valence electrons. The molecule has 0 aliphatic heterocycles. The van der Waals surface area contributed by atoms with Gasteiger partial charge in [-0.25, -0.2) is 17.5 Å². The fourth-order valence-corrected chi connectivity index (χ4v) is 3.25. The van der Waals surface area contributed by atoms with Gasteiger partial charge in [0.05, 0.1) is 11.4 Å². The van der Waals surface area contributed by atoms with Crippen LogP contribution in [0.25, 0.3) is 0 Å². The van der Waals surface area contributed by atoms with E-state index in [1.807, 2.05) is 6.92 Å². The Kier molecular flexibility index (Phi) is 11.1. The predicted octanol–water partition coefficient (Wildman–Crippen LogP) is 2.87. The third kappa shape index (κ3) is 8.07. The van der Waals surface area contributed by atoms with E-state index in [-0.39, 0.29) is 40.8 Å². The summed E-state index contributed by atoms with van der Waals surface area (Å²) in [6, 6.07) is 12.7. The lowest BCUT2D eigenvalue weighted by atomic mass is 10.2. The van der Waals surface area contributed by atoms with Gasteiger partial charge in [0.2, 0.25) is 10.0 Å². The molecule has 0 bridgehead atoms. The highest BCUT2D eigenvalue weighted by molar-refractivity contribution is 14.0. The number of halogens is 2. The van der Waals surface area contributed by atoms with Gasteiger partial charge in [-0.15, -0.1) is 24.0 Å². The van der Waals surface area contributed by atoms with Crippen LogP contribution in [0.3, 0.4) is 0 Å². The van der Waals surface area contributed by atoms with Gasteiger partial charge in [0.1, 0.15) is 17.7 Å². The highest BCUT2D eigenvalue weighted by Gasteiger charge is 2.12. The molecule has 2 aromatic carbocycles. The first kappa shape index (κ1) is 26.1. The molecule has 2 aromatic rings. The van der Waals surface area contributed by atoms with Gasteiger partial charge >= 0.3 is 0 Å². The molecule has 3 N–H and O–H groups in total. The lowest BCUT2D eigenvalue weighted by molar-refractivity contribution is 0.199. The summed E-state index contributed by atoms with van der Waals surface area (Å²) in [5, 5.41) is 6.35. The number of nitrogens with one attached hydrogen (secondary N) is 3. The second-order valence-corrected chi connectivity index (χ2v) is 8.15. The summed E-state index contributed by atoms with van der Waals surface area (Å²) < 4.78 is 44.9. The Balaban J connectivity index is 0.00000450. The number of nitrogens with zero attached hydrogens (tertiary/aromatic N) is 1. The molecule has 2 rings (SSSR count). The second-order valence-electron chi connectivity index (χ2n) is 6.26. The summed E-state index contributed by atoms with van der Waals surface area (Å²) in [6.45, 7) is 2.95. The molecule has 10 heteroatoms. The number of ether oxygens (including phenoxy) is 1. The maximum Gasteiger partial charge on any atom is 0.240 e. The van der Waals surface area contributed by atoms with Crippen molar-refractivity contribution in [3.05, 3.63) is 59.9 Å². The smallest absolute Gasteiger partial charge is 0.240 e. The molecule has 0 aliphatic rings. The van der Waals surface area contributed by atoms with Crippen molar-refractivity contribution in [2.45, 2.75) is 30.9 Å². The molecule has 7 nitrogen and oxygen atoms in total. The summed E-state index contributed by atoms with van der Waals surface area (Å²) in [5.41, 5.74) is 0.908. The summed E-state index contributed by atoms with van der Waals surface area (Å²) in [5.74, 6) is 0.729. The molecule has 0 heterocycles. The van der Waals surface area contributed by atoms with Gasteiger partial charge in [0.25, 0.3) is 0 Å². The maximum atomic E-state index is 13.3. The lowest BCUT2D eigenvalue weighted by Gasteiger charge is -2.20. The quantitative estimate of drug-likeness (QED) is 0.254. The number of hydrogen-bond donors (Lipinski definition) is 3. The fraction of sp³-hybridized carbons (Fsp3) is 0.350. The second kappa shape index (κ2) is 12.7. The van der Waals surface area contributed by atoms with Crippen LogP contribution in [0.1, 0.15) is 18.9 Å². The molecule has 0 fully saturated rings. The van der Waals surface area contributed by atoms with Gasteiger partial charge < -0.3 is 15.4 Å². The number of sulfonamides is 1. The Bertz CT molecular complexity index is 924. The van der Waals surface area contributed by atoms with Crippen LogP contribution in [0.2, 0.25) is 0 Å². The molecule has 0 amide bonds. The van der Waals surface area contributed by atoms with Gasteiger partial charge in [0, 0.05) is 19.7 Å². The van der Waals surface area contributed by atoms with E-state index < -0.39 is 10.0 Å². The molecule has 0 saturated heterocycles. The average molecular weight is 550 g/mol. The zero-order valence-electron chi connectivity index (χ0n) is 17.2. The minimum absolute atomic E-state index is 0. The monoisotopic (exact) mass is 550 g/mol. The third-order valence-electron chi connectivity index (χ3n) is 4.24. The van der Waals surface area contributed by atoms with Gasteiger partial charge in [-0.1, -0.05) is 25.1 Å². The fourth-order valence-electron chi connectivity index (χ4n) is 2.52. The normalized spacial score (nSPS) is 12.6. The first-order chi connectivity index (χ1) is 13.9. The van der Waals surface area contributed by atoms with E-state index in [2.05, 4.69) is 20.3 Å². The Morgan fingerprint density at radius 2 is 1.87 bits per heavy atom. The average Bonchev–Trinajstić information content (AvgIpc) is 2.73. The Hall–Kier alpha value is -1.92. The van der Waals surface area contributed by atoms with E-state index in [4.69, 9.17) is 4.74 Å². The first-order valence-corrected chi connectivity index (χ1v) is 10.8. The van der Waals surface area contributed by atoms with E-state index in [0.29, 0.717) is 24.8 Å². The Morgan fingerprint density at radius 1 is 1.17 bits per heavy atom. The minimum Gasteiger partial charge on any atom is -0.489 e. The maximum absolute atomic E-state index is 13.3. The van der Waals surface area contributed by atoms with E-state index in [1.54, 1.807) is 43.4 Å². The van der Waals surface area contributed by atoms with E-state index in [1.165, 1.54) is 19.2 Å². The van der Waals surface area contributed by atoms with Crippen molar-refractivity contribution >= 4 is 40.0 Å². The molecule has 0 radical (unpaired) electrons. The highest BCUT2D eigenvalue weighted by atomic mass is 127. The minimum atomic E-state index is -3.44. The highest BCUT2D eigenvalue weighted by Crippen LogP contribution is 2.15. The van der Waals surface area contributed by atoms with Crippen LogP contribution in [0.5, 0.6) is 5.75 Å². The number of hydrogen-bond acceptors (Lipinski definition) is 4. The van der Waals surface area contributed by atoms with Gasteiger partial charge in [0.15, 0.2) is 5.96 Å². The summed E-state index contributed by atoms with van der Waals surface area (Å²) >= 11 is 0. The number of rotatable bonds is 9. The molecular weight excluding hydrogens is 522 g/mol. The van der Waals surface area contributed by atoms with E-state index in [9.17, 15) is 12.8 Å².